The van der Waals surface area contributed by atoms with Gasteiger partial charge in [0.25, 0.3) is 0 Å². The summed E-state index contributed by atoms with van der Waals surface area (Å²) in [5.41, 5.74) is 0. The highest BCUT2D eigenvalue weighted by Crippen LogP contribution is 2.23. The van der Waals surface area contributed by atoms with Crippen LogP contribution < -0.4 is 0 Å². The summed E-state index contributed by atoms with van der Waals surface area (Å²) in [6, 6.07) is 0. The van der Waals surface area contributed by atoms with Crippen molar-refractivity contribution in [1.29, 1.82) is 0 Å². The molecule has 58 heavy (non-hydrogen) atoms. The van der Waals surface area contributed by atoms with E-state index < -0.39 is 49.4 Å². The lowest BCUT2D eigenvalue weighted by atomic mass is 9.99. The van der Waals surface area contributed by atoms with Crippen LogP contribution in [0.25, 0.3) is 0 Å². The fraction of sp³-hybridized carbons (Fsp3) is 0.917. The zero-order valence-corrected chi connectivity index (χ0v) is 37.3. The average molecular weight is 827 g/mol. The number of aliphatic hydroxyl groups is 4. The normalized spacial score (nSPS) is 20.1. The topological polar surface area (TPSA) is 152 Å². The van der Waals surface area contributed by atoms with Gasteiger partial charge in [0.1, 0.15) is 31.0 Å². The van der Waals surface area contributed by atoms with Gasteiger partial charge in [-0.2, -0.15) is 0 Å². The summed E-state index contributed by atoms with van der Waals surface area (Å²) >= 11 is 0. The van der Waals surface area contributed by atoms with Crippen molar-refractivity contribution < 1.29 is 49.0 Å². The molecule has 0 aliphatic carbocycles. The Balaban J connectivity index is 2.27. The molecule has 1 rings (SSSR count). The molecule has 0 aromatic rings. The molecule has 1 heterocycles. The van der Waals surface area contributed by atoms with Crippen molar-refractivity contribution in [3.63, 3.8) is 0 Å². The van der Waals surface area contributed by atoms with Crippen molar-refractivity contribution in [3.8, 4) is 0 Å². The van der Waals surface area contributed by atoms with Gasteiger partial charge >= 0.3 is 11.9 Å². The molecule has 0 aromatic carbocycles. The van der Waals surface area contributed by atoms with Crippen molar-refractivity contribution in [2.24, 2.45) is 0 Å². The molecular weight excluding hydrogens is 737 g/mol. The van der Waals surface area contributed by atoms with Gasteiger partial charge in [0, 0.05) is 12.8 Å². The van der Waals surface area contributed by atoms with E-state index in [0.29, 0.717) is 6.42 Å². The monoisotopic (exact) mass is 827 g/mol. The largest absolute Gasteiger partial charge is 0.462 e. The average Bonchev–Trinajstić information content (AvgIpc) is 3.22. The van der Waals surface area contributed by atoms with Crippen molar-refractivity contribution >= 4 is 11.9 Å². The minimum absolute atomic E-state index is 0.213. The zero-order chi connectivity index (χ0) is 42.3. The first-order valence-corrected chi connectivity index (χ1v) is 24.3. The van der Waals surface area contributed by atoms with Crippen molar-refractivity contribution in [3.05, 3.63) is 12.2 Å². The number of hydrogen-bond acceptors (Lipinski definition) is 10. The maximum Gasteiger partial charge on any atom is 0.306 e. The summed E-state index contributed by atoms with van der Waals surface area (Å²) in [5.74, 6) is -0.796. The number of aliphatic hydroxyl groups excluding tert-OH is 4. The molecule has 10 nitrogen and oxygen atoms in total. The van der Waals surface area contributed by atoms with Crippen molar-refractivity contribution in [2.45, 2.75) is 263 Å². The van der Waals surface area contributed by atoms with Gasteiger partial charge in [0.05, 0.1) is 13.2 Å². The summed E-state index contributed by atoms with van der Waals surface area (Å²) in [6.45, 7) is 3.45. The van der Waals surface area contributed by atoms with E-state index in [0.717, 1.165) is 38.5 Å². The highest BCUT2D eigenvalue weighted by atomic mass is 16.7. The molecule has 1 saturated heterocycles. The summed E-state index contributed by atoms with van der Waals surface area (Å²) in [7, 11) is 0. The van der Waals surface area contributed by atoms with Crippen LogP contribution in [0, 0.1) is 0 Å². The van der Waals surface area contributed by atoms with Crippen LogP contribution in [0.2, 0.25) is 0 Å². The third-order valence-electron chi connectivity index (χ3n) is 11.4. The number of carbonyl (C=O) groups is 2. The first-order chi connectivity index (χ1) is 28.3. The van der Waals surface area contributed by atoms with Crippen LogP contribution >= 0.6 is 0 Å². The Labute approximate surface area is 354 Å². The molecular formula is C48H90O10. The smallest absolute Gasteiger partial charge is 0.306 e. The molecule has 1 aliphatic rings. The quantitative estimate of drug-likeness (QED) is 0.0266. The third kappa shape index (κ3) is 30.5. The van der Waals surface area contributed by atoms with Crippen LogP contribution in [0.4, 0.5) is 0 Å². The van der Waals surface area contributed by atoms with Crippen LogP contribution in [-0.4, -0.2) is 89.0 Å². The van der Waals surface area contributed by atoms with Gasteiger partial charge in [-0.25, -0.2) is 0 Å². The van der Waals surface area contributed by atoms with E-state index >= 15 is 0 Å². The number of unbranched alkanes of at least 4 members (excludes halogenated alkanes) is 28. The fourth-order valence-electron chi connectivity index (χ4n) is 7.54. The standard InChI is InChI=1S/C48H90O10/c1-3-5-7-9-11-13-15-17-19-20-21-22-23-25-26-28-30-32-34-36-43(50)55-39-41(40-56-48-47(54)46(53)45(52)42(38-49)58-48)57-44(51)37-35-33-31-29-27-24-18-16-14-12-10-8-6-4-2/h17,19,41-42,45-49,52-54H,3-16,18,20-40H2,1-2H3/b19-17+/t41-,42-,45+,46?,47?,48-/m0/s1. The van der Waals surface area contributed by atoms with Crippen LogP contribution in [0.1, 0.15) is 226 Å². The van der Waals surface area contributed by atoms with Crippen molar-refractivity contribution in [1.82, 2.24) is 0 Å². The summed E-state index contributed by atoms with van der Waals surface area (Å²) in [5, 5.41) is 40.1. The van der Waals surface area contributed by atoms with Gasteiger partial charge in [0.2, 0.25) is 0 Å². The Morgan fingerprint density at radius 2 is 0.914 bits per heavy atom. The van der Waals surface area contributed by atoms with Crippen LogP contribution in [0.3, 0.4) is 0 Å². The van der Waals surface area contributed by atoms with E-state index in [1.54, 1.807) is 0 Å². The van der Waals surface area contributed by atoms with Crippen molar-refractivity contribution in [2.75, 3.05) is 19.8 Å². The number of rotatable bonds is 41. The lowest BCUT2D eigenvalue weighted by molar-refractivity contribution is -0.305. The molecule has 1 fully saturated rings. The molecule has 6 atom stereocenters. The second kappa shape index (κ2) is 39.6. The lowest BCUT2D eigenvalue weighted by Crippen LogP contribution is -2.59. The Morgan fingerprint density at radius 1 is 0.517 bits per heavy atom. The molecule has 0 aromatic heterocycles. The minimum Gasteiger partial charge on any atom is -0.462 e. The summed E-state index contributed by atoms with van der Waals surface area (Å²) in [6.07, 6.45) is 35.0. The maximum atomic E-state index is 12.8. The van der Waals surface area contributed by atoms with Gasteiger partial charge in [-0.1, -0.05) is 187 Å². The van der Waals surface area contributed by atoms with E-state index in [4.69, 9.17) is 18.9 Å². The molecule has 0 radical (unpaired) electrons. The highest BCUT2D eigenvalue weighted by Gasteiger charge is 2.44. The highest BCUT2D eigenvalue weighted by molar-refractivity contribution is 5.70. The predicted molar refractivity (Wildman–Crippen MR) is 233 cm³/mol. The number of hydrogen-bond donors (Lipinski definition) is 4. The van der Waals surface area contributed by atoms with Gasteiger partial charge in [0.15, 0.2) is 12.4 Å². The van der Waals surface area contributed by atoms with Gasteiger partial charge in [-0.3, -0.25) is 9.59 Å². The molecule has 342 valence electrons. The third-order valence-corrected chi connectivity index (χ3v) is 11.4. The first-order valence-electron chi connectivity index (χ1n) is 24.3. The lowest BCUT2D eigenvalue weighted by Gasteiger charge is -2.39. The first kappa shape index (κ1) is 54.5. The number of allylic oxidation sites excluding steroid dienone is 2. The zero-order valence-electron chi connectivity index (χ0n) is 37.3. The molecule has 0 saturated carbocycles. The molecule has 10 heteroatoms. The van der Waals surface area contributed by atoms with E-state index in [1.165, 1.54) is 154 Å². The molecule has 0 amide bonds. The molecule has 2 unspecified atom stereocenters. The van der Waals surface area contributed by atoms with Gasteiger partial charge in [-0.05, 0) is 38.5 Å². The predicted octanol–water partition coefficient (Wildman–Crippen LogP) is 10.7. The van der Waals surface area contributed by atoms with E-state index in [2.05, 4.69) is 26.0 Å². The van der Waals surface area contributed by atoms with Gasteiger partial charge in [-0.15, -0.1) is 0 Å². The Hall–Kier alpha value is -1.56. The molecule has 1 aliphatic heterocycles. The molecule has 0 bridgehead atoms. The Bertz CT molecular complexity index is 959. The summed E-state index contributed by atoms with van der Waals surface area (Å²) < 4.78 is 22.2. The second-order valence-corrected chi connectivity index (χ2v) is 16.9. The minimum atomic E-state index is -1.59. The summed E-state index contributed by atoms with van der Waals surface area (Å²) in [4.78, 5) is 25.4. The van der Waals surface area contributed by atoms with E-state index in [1.807, 2.05) is 0 Å². The van der Waals surface area contributed by atoms with Crippen LogP contribution in [0.15, 0.2) is 12.2 Å². The van der Waals surface area contributed by atoms with Gasteiger partial charge < -0.3 is 39.4 Å². The molecule has 4 N–H and O–H groups in total. The maximum absolute atomic E-state index is 12.8. The SMILES string of the molecule is CCCCCCCC/C=C/CCCCCCCCCCCC(=O)OC[C@@H](CO[C@H]1O[C@@H](CO)[C@@H](O)C(O)C1O)OC(=O)CCCCCCCCCCCCCCCC. The Kier molecular flexibility index (Phi) is 37.2. The fourth-order valence-corrected chi connectivity index (χ4v) is 7.54. The number of esters is 2. The second-order valence-electron chi connectivity index (χ2n) is 16.9. The van der Waals surface area contributed by atoms with Crippen LogP contribution in [0.5, 0.6) is 0 Å². The van der Waals surface area contributed by atoms with E-state index in [9.17, 15) is 30.0 Å². The van der Waals surface area contributed by atoms with E-state index in [-0.39, 0.29) is 32.0 Å². The number of ether oxygens (including phenoxy) is 4. The van der Waals surface area contributed by atoms with Crippen LogP contribution in [-0.2, 0) is 28.5 Å². The number of carbonyl (C=O) groups excluding carboxylic acids is 2. The Morgan fingerprint density at radius 3 is 1.34 bits per heavy atom. The molecule has 0 spiro atoms.